The lowest BCUT2D eigenvalue weighted by atomic mass is 9.66. The summed E-state index contributed by atoms with van der Waals surface area (Å²) in [6, 6.07) is 14.8. The third-order valence-corrected chi connectivity index (χ3v) is 6.79. The molecule has 2 heterocycles. The highest BCUT2D eigenvalue weighted by atomic mass is 16.6. The van der Waals surface area contributed by atoms with Crippen LogP contribution in [-0.2, 0) is 16.8 Å². The minimum absolute atomic E-state index is 0.00947. The van der Waals surface area contributed by atoms with Crippen molar-refractivity contribution in [3.8, 4) is 5.75 Å². The van der Waals surface area contributed by atoms with Gasteiger partial charge >= 0.3 is 0 Å². The first kappa shape index (κ1) is 20.9. The number of benzene rings is 2. The van der Waals surface area contributed by atoms with Gasteiger partial charge in [-0.15, -0.1) is 0 Å². The molecule has 2 aromatic carbocycles. The molecule has 1 aliphatic carbocycles. The first-order valence-corrected chi connectivity index (χ1v) is 10.9. The van der Waals surface area contributed by atoms with Gasteiger partial charge in [0.1, 0.15) is 5.75 Å². The molecule has 0 spiro atoms. The number of nitrogens with zero attached hydrogens (tertiary/aromatic N) is 3. The van der Waals surface area contributed by atoms with Crippen LogP contribution in [0.2, 0.25) is 0 Å². The van der Waals surface area contributed by atoms with Gasteiger partial charge in [0.2, 0.25) is 5.54 Å². The van der Waals surface area contributed by atoms with Crippen molar-refractivity contribution < 1.29 is 14.5 Å². The van der Waals surface area contributed by atoms with E-state index >= 15 is 0 Å². The van der Waals surface area contributed by atoms with Crippen LogP contribution in [0, 0.1) is 10.1 Å². The molecule has 2 aromatic rings. The van der Waals surface area contributed by atoms with Gasteiger partial charge in [-0.3, -0.25) is 19.8 Å². The number of ether oxygens (including phenoxy) is 1. The number of aryl methyl sites for hydroxylation is 1. The monoisotopic (exact) mass is 444 g/mol. The molecule has 2 aliphatic heterocycles. The lowest BCUT2D eigenvalue weighted by Crippen LogP contribution is -2.60. The van der Waals surface area contributed by atoms with Crippen molar-refractivity contribution in [2.75, 3.05) is 13.7 Å². The van der Waals surface area contributed by atoms with Crippen LogP contribution < -0.4 is 10.5 Å². The first-order chi connectivity index (χ1) is 15.9. The van der Waals surface area contributed by atoms with Crippen LogP contribution in [0.25, 0.3) is 5.57 Å². The summed E-state index contributed by atoms with van der Waals surface area (Å²) in [6.45, 7) is 0.622. The second-order valence-corrected chi connectivity index (χ2v) is 8.59. The summed E-state index contributed by atoms with van der Waals surface area (Å²) in [5.74, 6) is 0.168. The fraction of sp³-hybridized carbons (Fsp3) is 0.280. The molecule has 8 nitrogen and oxygen atoms in total. The number of carbonyl (C=O) groups excluding carboxylic acids is 1. The lowest BCUT2D eigenvalue weighted by molar-refractivity contribution is -0.564. The van der Waals surface area contributed by atoms with E-state index in [1.807, 2.05) is 42.5 Å². The first-order valence-electron chi connectivity index (χ1n) is 10.9. The van der Waals surface area contributed by atoms with Crippen LogP contribution in [0.1, 0.15) is 29.5 Å². The van der Waals surface area contributed by atoms with Gasteiger partial charge in [0.25, 0.3) is 11.4 Å². The summed E-state index contributed by atoms with van der Waals surface area (Å²) >= 11 is 0. The number of nitrogens with two attached hydrogens (primary N) is 1. The number of fused-ring (bicyclic) bond motifs is 1. The normalized spacial score (nSPS) is 26.3. The number of allylic oxidation sites excluding steroid dienone is 2. The molecule has 5 rings (SSSR count). The van der Waals surface area contributed by atoms with Crippen molar-refractivity contribution in [3.63, 3.8) is 0 Å². The molecule has 33 heavy (non-hydrogen) atoms. The Bertz CT molecular complexity index is 1240. The van der Waals surface area contributed by atoms with E-state index in [1.54, 1.807) is 18.2 Å². The van der Waals surface area contributed by atoms with E-state index in [9.17, 15) is 14.9 Å². The third-order valence-electron chi connectivity index (χ3n) is 6.79. The summed E-state index contributed by atoms with van der Waals surface area (Å²) < 4.78 is 5.72. The van der Waals surface area contributed by atoms with Crippen LogP contribution in [0.15, 0.2) is 71.8 Å². The summed E-state index contributed by atoms with van der Waals surface area (Å²) in [7, 11) is 1.50. The quantitative estimate of drug-likeness (QED) is 0.576. The average Bonchev–Trinajstić information content (AvgIpc) is 3.09. The van der Waals surface area contributed by atoms with Crippen molar-refractivity contribution in [2.45, 2.75) is 30.3 Å². The summed E-state index contributed by atoms with van der Waals surface area (Å²) in [4.78, 5) is 32.1. The number of carbonyl (C=O) groups is 1. The maximum Gasteiger partial charge on any atom is 0.282 e. The number of hydrogen-bond acceptors (Lipinski definition) is 6. The fourth-order valence-electron chi connectivity index (χ4n) is 5.03. The number of nitro groups is 1. The Morgan fingerprint density at radius 1 is 1.21 bits per heavy atom. The standard InChI is InChI=1S/C25H24N4O4/c1-28-22(30)25(27-23(28)26,20-11-12-21-18(15-20)10-6-14-33-21)24(29(31)32)13-5-9-19(16-24)17-7-3-2-4-8-17/h2-5,7-9,11-13,15H,6,10,14,16H2,1H3,(H2,26,27). The Morgan fingerprint density at radius 2 is 2.00 bits per heavy atom. The molecule has 2 N–H and O–H groups in total. The zero-order valence-electron chi connectivity index (χ0n) is 18.2. The van der Waals surface area contributed by atoms with Crippen molar-refractivity contribution >= 4 is 17.4 Å². The minimum Gasteiger partial charge on any atom is -0.493 e. The largest absolute Gasteiger partial charge is 0.493 e. The second-order valence-electron chi connectivity index (χ2n) is 8.59. The zero-order valence-corrected chi connectivity index (χ0v) is 18.2. The summed E-state index contributed by atoms with van der Waals surface area (Å²) in [6.07, 6.45) is 6.58. The Kier molecular flexibility index (Phi) is 4.81. The van der Waals surface area contributed by atoms with Gasteiger partial charge in [-0.25, -0.2) is 4.99 Å². The van der Waals surface area contributed by atoms with E-state index in [0.717, 1.165) is 35.3 Å². The molecule has 2 atom stereocenters. The Hall–Kier alpha value is -3.94. The van der Waals surface area contributed by atoms with E-state index in [1.165, 1.54) is 18.0 Å². The summed E-state index contributed by atoms with van der Waals surface area (Å²) in [5.41, 5.74) is 5.37. The Morgan fingerprint density at radius 3 is 2.70 bits per heavy atom. The van der Waals surface area contributed by atoms with Crippen LogP contribution in [0.4, 0.5) is 0 Å². The molecular formula is C25H24N4O4. The molecule has 2 unspecified atom stereocenters. The van der Waals surface area contributed by atoms with E-state index in [2.05, 4.69) is 4.99 Å². The van der Waals surface area contributed by atoms with Crippen LogP contribution >= 0.6 is 0 Å². The van der Waals surface area contributed by atoms with Crippen LogP contribution in [-0.4, -0.2) is 40.9 Å². The molecule has 0 fully saturated rings. The molecule has 0 saturated heterocycles. The molecule has 0 aromatic heterocycles. The maximum atomic E-state index is 13.8. The predicted molar refractivity (Wildman–Crippen MR) is 124 cm³/mol. The van der Waals surface area contributed by atoms with E-state index in [-0.39, 0.29) is 17.3 Å². The molecule has 1 amide bonds. The maximum absolute atomic E-state index is 13.8. The molecule has 8 heteroatoms. The fourth-order valence-corrected chi connectivity index (χ4v) is 5.03. The van der Waals surface area contributed by atoms with Crippen molar-refractivity contribution in [1.29, 1.82) is 0 Å². The van der Waals surface area contributed by atoms with Gasteiger partial charge in [-0.05, 0) is 53.3 Å². The van der Waals surface area contributed by atoms with E-state index < -0.39 is 17.0 Å². The molecule has 3 aliphatic rings. The number of hydrogen-bond donors (Lipinski definition) is 1. The SMILES string of the molecule is CN1C(=O)C(c2ccc3c(c2)CCCO3)(C2([N+](=O)[O-])C=CC=C(c3ccccc3)C2)N=C1N. The van der Waals surface area contributed by atoms with Gasteiger partial charge in [-0.1, -0.05) is 48.6 Å². The Balaban J connectivity index is 1.73. The van der Waals surface area contributed by atoms with Gasteiger partial charge in [0.05, 0.1) is 13.0 Å². The topological polar surface area (TPSA) is 111 Å². The van der Waals surface area contributed by atoms with Crippen molar-refractivity contribution in [3.05, 3.63) is 93.6 Å². The van der Waals surface area contributed by atoms with Crippen LogP contribution in [0.3, 0.4) is 0 Å². The van der Waals surface area contributed by atoms with Crippen molar-refractivity contribution in [2.24, 2.45) is 10.7 Å². The minimum atomic E-state index is -1.86. The Labute approximate surface area is 191 Å². The van der Waals surface area contributed by atoms with Gasteiger partial charge in [0.15, 0.2) is 5.96 Å². The predicted octanol–water partition coefficient (Wildman–Crippen LogP) is 3.05. The number of rotatable bonds is 4. The van der Waals surface area contributed by atoms with Gasteiger partial charge < -0.3 is 10.5 Å². The molecule has 0 saturated carbocycles. The van der Waals surface area contributed by atoms with E-state index in [4.69, 9.17) is 10.5 Å². The third kappa shape index (κ3) is 2.97. The number of guanidine groups is 1. The number of aliphatic imine (C=N–C) groups is 1. The molecule has 0 bridgehead atoms. The van der Waals surface area contributed by atoms with Crippen molar-refractivity contribution in [1.82, 2.24) is 4.90 Å². The summed E-state index contributed by atoms with van der Waals surface area (Å²) in [5, 5.41) is 12.9. The highest BCUT2D eigenvalue weighted by molar-refractivity contribution is 6.08. The van der Waals surface area contributed by atoms with Gasteiger partial charge in [0, 0.05) is 12.0 Å². The second kappa shape index (κ2) is 7.58. The highest BCUT2D eigenvalue weighted by Gasteiger charge is 2.69. The molecule has 168 valence electrons. The van der Waals surface area contributed by atoms with E-state index in [0.29, 0.717) is 12.2 Å². The molecular weight excluding hydrogens is 420 g/mol. The highest BCUT2D eigenvalue weighted by Crippen LogP contribution is 2.50. The average molecular weight is 444 g/mol. The van der Waals surface area contributed by atoms with Gasteiger partial charge in [-0.2, -0.15) is 0 Å². The van der Waals surface area contributed by atoms with Crippen LogP contribution in [0.5, 0.6) is 5.75 Å². The molecule has 0 radical (unpaired) electrons. The number of likely N-dealkylation sites (N-methyl/N-ethyl adjacent to an activating group) is 1. The smallest absolute Gasteiger partial charge is 0.282 e. The zero-order chi connectivity index (χ0) is 23.2. The number of amides is 1. The lowest BCUT2D eigenvalue weighted by Gasteiger charge is -2.38.